The minimum absolute atomic E-state index is 0.378. The van der Waals surface area contributed by atoms with E-state index in [1.165, 1.54) is 12.0 Å². The molecule has 1 aromatic carbocycles. The second-order valence-corrected chi connectivity index (χ2v) is 4.14. The Labute approximate surface area is 79.7 Å². The standard InChI is InChI=1S/C12H16O/c1-9(2)8-11-12(13-11)10-6-4-3-5-7-10/h3-7,9,11-12H,8H2,1-2H3/t11-,12-/m0/s1. The quantitative estimate of drug-likeness (QED) is 0.644. The van der Waals surface area contributed by atoms with E-state index in [9.17, 15) is 0 Å². The average Bonchev–Trinajstić information content (AvgIpc) is 2.84. The van der Waals surface area contributed by atoms with E-state index in [1.54, 1.807) is 0 Å². The first-order valence-electron chi connectivity index (χ1n) is 4.98. The zero-order valence-electron chi connectivity index (χ0n) is 8.23. The van der Waals surface area contributed by atoms with E-state index in [4.69, 9.17) is 4.74 Å². The van der Waals surface area contributed by atoms with Crippen LogP contribution in [0.2, 0.25) is 0 Å². The first kappa shape index (κ1) is 8.76. The average molecular weight is 176 g/mol. The van der Waals surface area contributed by atoms with Crippen molar-refractivity contribution in [1.29, 1.82) is 0 Å². The SMILES string of the molecule is CC(C)C[C@@H]1O[C@H]1c1ccccc1. The summed E-state index contributed by atoms with van der Waals surface area (Å²) in [4.78, 5) is 0. The fourth-order valence-electron chi connectivity index (χ4n) is 1.72. The molecule has 0 radical (unpaired) electrons. The molecule has 2 rings (SSSR count). The molecular formula is C12H16O. The molecule has 1 aromatic rings. The molecule has 13 heavy (non-hydrogen) atoms. The largest absolute Gasteiger partial charge is 0.364 e. The molecule has 0 amide bonds. The van der Waals surface area contributed by atoms with Gasteiger partial charge in [-0.25, -0.2) is 0 Å². The predicted molar refractivity (Wildman–Crippen MR) is 53.5 cm³/mol. The smallest absolute Gasteiger partial charge is 0.109 e. The summed E-state index contributed by atoms with van der Waals surface area (Å²) in [5, 5.41) is 0. The molecule has 0 aliphatic carbocycles. The maximum absolute atomic E-state index is 5.61. The normalized spacial score (nSPS) is 26.4. The van der Waals surface area contributed by atoms with Crippen molar-refractivity contribution in [2.45, 2.75) is 32.5 Å². The molecule has 2 atom stereocenters. The highest BCUT2D eigenvalue weighted by Crippen LogP contribution is 2.41. The van der Waals surface area contributed by atoms with E-state index >= 15 is 0 Å². The number of hydrogen-bond acceptors (Lipinski definition) is 1. The lowest BCUT2D eigenvalue weighted by molar-refractivity contribution is 0.348. The van der Waals surface area contributed by atoms with Crippen molar-refractivity contribution in [2.75, 3.05) is 0 Å². The first-order valence-corrected chi connectivity index (χ1v) is 4.98. The second kappa shape index (κ2) is 3.51. The van der Waals surface area contributed by atoms with Gasteiger partial charge in [-0.15, -0.1) is 0 Å². The van der Waals surface area contributed by atoms with Gasteiger partial charge in [-0.3, -0.25) is 0 Å². The fraction of sp³-hybridized carbons (Fsp3) is 0.500. The number of benzene rings is 1. The Morgan fingerprint density at radius 1 is 1.23 bits per heavy atom. The molecule has 1 nitrogen and oxygen atoms in total. The lowest BCUT2D eigenvalue weighted by Gasteiger charge is -1.99. The number of epoxide rings is 1. The van der Waals surface area contributed by atoms with E-state index < -0.39 is 0 Å². The maximum atomic E-state index is 5.61. The number of rotatable bonds is 3. The van der Waals surface area contributed by atoms with E-state index in [2.05, 4.69) is 38.1 Å². The Balaban J connectivity index is 1.93. The predicted octanol–water partition coefficient (Wildman–Crippen LogP) is 3.17. The van der Waals surface area contributed by atoms with Crippen molar-refractivity contribution in [2.24, 2.45) is 5.92 Å². The highest BCUT2D eigenvalue weighted by Gasteiger charge is 2.39. The third-order valence-corrected chi connectivity index (χ3v) is 2.41. The van der Waals surface area contributed by atoms with Crippen LogP contribution in [0.5, 0.6) is 0 Å². The summed E-state index contributed by atoms with van der Waals surface area (Å²) in [6, 6.07) is 10.5. The molecule has 1 heterocycles. The van der Waals surface area contributed by atoms with Gasteiger partial charge in [-0.1, -0.05) is 44.2 Å². The first-order chi connectivity index (χ1) is 6.27. The highest BCUT2D eigenvalue weighted by molar-refractivity contribution is 5.22. The van der Waals surface area contributed by atoms with Gasteiger partial charge in [0.15, 0.2) is 0 Å². The van der Waals surface area contributed by atoms with E-state index in [0.717, 1.165) is 5.92 Å². The Hall–Kier alpha value is -0.820. The number of ether oxygens (including phenoxy) is 1. The molecule has 1 heteroatoms. The molecule has 70 valence electrons. The molecule has 0 spiro atoms. The molecule has 0 N–H and O–H groups in total. The van der Waals surface area contributed by atoms with Crippen molar-refractivity contribution in [1.82, 2.24) is 0 Å². The van der Waals surface area contributed by atoms with Gasteiger partial charge >= 0.3 is 0 Å². The molecular weight excluding hydrogens is 160 g/mol. The molecule has 0 aromatic heterocycles. The van der Waals surface area contributed by atoms with Crippen LogP contribution < -0.4 is 0 Å². The molecule has 0 saturated carbocycles. The van der Waals surface area contributed by atoms with Gasteiger partial charge in [0.2, 0.25) is 0 Å². The third kappa shape index (κ3) is 2.10. The molecule has 1 saturated heterocycles. The minimum atomic E-state index is 0.378. The summed E-state index contributed by atoms with van der Waals surface area (Å²) >= 11 is 0. The van der Waals surface area contributed by atoms with Gasteiger partial charge < -0.3 is 4.74 Å². The lowest BCUT2D eigenvalue weighted by Crippen LogP contribution is -1.95. The third-order valence-electron chi connectivity index (χ3n) is 2.41. The molecule has 1 aliphatic rings. The van der Waals surface area contributed by atoms with Crippen LogP contribution in [0.4, 0.5) is 0 Å². The van der Waals surface area contributed by atoms with E-state index in [-0.39, 0.29) is 0 Å². The van der Waals surface area contributed by atoms with Crippen LogP contribution in [-0.2, 0) is 4.74 Å². The summed E-state index contributed by atoms with van der Waals surface area (Å²) in [7, 11) is 0. The van der Waals surface area contributed by atoms with Crippen LogP contribution in [0, 0.1) is 5.92 Å². The summed E-state index contributed by atoms with van der Waals surface area (Å²) in [6.45, 7) is 4.48. The Morgan fingerprint density at radius 2 is 1.92 bits per heavy atom. The zero-order chi connectivity index (χ0) is 9.26. The summed E-state index contributed by atoms with van der Waals surface area (Å²) in [5.41, 5.74) is 1.33. The Morgan fingerprint density at radius 3 is 2.54 bits per heavy atom. The Bertz CT molecular complexity index is 266. The van der Waals surface area contributed by atoms with Crippen LogP contribution in [0.15, 0.2) is 30.3 Å². The highest BCUT2D eigenvalue weighted by atomic mass is 16.6. The summed E-state index contributed by atoms with van der Waals surface area (Å²) in [5.74, 6) is 0.735. The van der Waals surface area contributed by atoms with Gasteiger partial charge in [0.05, 0.1) is 6.10 Å². The lowest BCUT2D eigenvalue weighted by atomic mass is 10.0. The van der Waals surface area contributed by atoms with Crippen molar-refractivity contribution >= 4 is 0 Å². The minimum Gasteiger partial charge on any atom is -0.364 e. The van der Waals surface area contributed by atoms with Crippen molar-refractivity contribution < 1.29 is 4.74 Å². The summed E-state index contributed by atoms with van der Waals surface area (Å²) in [6.07, 6.45) is 2.03. The van der Waals surface area contributed by atoms with Crippen LogP contribution in [0.25, 0.3) is 0 Å². The van der Waals surface area contributed by atoms with E-state index in [0.29, 0.717) is 12.2 Å². The molecule has 1 fully saturated rings. The van der Waals surface area contributed by atoms with Gasteiger partial charge in [-0.05, 0) is 17.9 Å². The Kier molecular flexibility index (Phi) is 2.36. The number of hydrogen-bond donors (Lipinski definition) is 0. The summed E-state index contributed by atoms with van der Waals surface area (Å²) < 4.78 is 5.61. The molecule has 1 aliphatic heterocycles. The monoisotopic (exact) mass is 176 g/mol. The fourth-order valence-corrected chi connectivity index (χ4v) is 1.72. The molecule has 0 bridgehead atoms. The van der Waals surface area contributed by atoms with Crippen LogP contribution >= 0.6 is 0 Å². The van der Waals surface area contributed by atoms with Crippen molar-refractivity contribution in [3.8, 4) is 0 Å². The van der Waals surface area contributed by atoms with Gasteiger partial charge in [0, 0.05) is 0 Å². The van der Waals surface area contributed by atoms with Crippen LogP contribution in [-0.4, -0.2) is 6.10 Å². The van der Waals surface area contributed by atoms with Crippen molar-refractivity contribution in [3.63, 3.8) is 0 Å². The second-order valence-electron chi connectivity index (χ2n) is 4.14. The van der Waals surface area contributed by atoms with Gasteiger partial charge in [0.25, 0.3) is 0 Å². The van der Waals surface area contributed by atoms with Crippen LogP contribution in [0.1, 0.15) is 31.9 Å². The molecule has 0 unspecified atom stereocenters. The zero-order valence-corrected chi connectivity index (χ0v) is 8.23. The van der Waals surface area contributed by atoms with Crippen molar-refractivity contribution in [3.05, 3.63) is 35.9 Å². The topological polar surface area (TPSA) is 12.5 Å². The van der Waals surface area contributed by atoms with Gasteiger partial charge in [-0.2, -0.15) is 0 Å². The van der Waals surface area contributed by atoms with E-state index in [1.807, 2.05) is 6.07 Å². The van der Waals surface area contributed by atoms with Crippen LogP contribution in [0.3, 0.4) is 0 Å². The maximum Gasteiger partial charge on any atom is 0.109 e. The van der Waals surface area contributed by atoms with Gasteiger partial charge in [0.1, 0.15) is 6.10 Å².